The van der Waals surface area contributed by atoms with E-state index in [0.29, 0.717) is 43.3 Å². The Bertz CT molecular complexity index is 669. The smallest absolute Gasteiger partial charge is 0.254 e. The first-order valence-corrected chi connectivity index (χ1v) is 7.22. The topological polar surface area (TPSA) is 49.3 Å². The van der Waals surface area contributed by atoms with Crippen LogP contribution in [0.15, 0.2) is 36.7 Å². The van der Waals surface area contributed by atoms with Crippen LogP contribution in [-0.2, 0) is 0 Å². The van der Waals surface area contributed by atoms with Gasteiger partial charge >= 0.3 is 0 Å². The van der Waals surface area contributed by atoms with Crippen molar-refractivity contribution in [2.45, 2.75) is 6.92 Å². The van der Waals surface area contributed by atoms with Crippen molar-refractivity contribution in [1.82, 2.24) is 14.9 Å². The average Bonchev–Trinajstić information content (AvgIpc) is 2.58. The molecule has 1 fully saturated rings. The molecule has 0 N–H and O–H groups in total. The van der Waals surface area contributed by atoms with Gasteiger partial charge in [0.1, 0.15) is 5.82 Å². The van der Waals surface area contributed by atoms with Crippen LogP contribution in [0.4, 0.5) is 10.3 Å². The number of aromatic nitrogens is 2. The van der Waals surface area contributed by atoms with E-state index >= 15 is 0 Å². The minimum Gasteiger partial charge on any atom is -0.337 e. The molecule has 1 aromatic heterocycles. The first-order chi connectivity index (χ1) is 10.6. The first-order valence-electron chi connectivity index (χ1n) is 7.22. The highest BCUT2D eigenvalue weighted by molar-refractivity contribution is 5.94. The van der Waals surface area contributed by atoms with Gasteiger partial charge < -0.3 is 9.80 Å². The minimum atomic E-state index is -0.345. The molecule has 3 rings (SSSR count). The summed E-state index contributed by atoms with van der Waals surface area (Å²) in [6, 6.07) is 6.39. The fourth-order valence-electron chi connectivity index (χ4n) is 2.47. The number of hydrogen-bond donors (Lipinski definition) is 0. The molecule has 0 radical (unpaired) electrons. The maximum absolute atomic E-state index is 13.6. The number of carbonyl (C=O) groups excluding carboxylic acids is 1. The summed E-state index contributed by atoms with van der Waals surface area (Å²) in [5, 5.41) is 0. The third kappa shape index (κ3) is 2.90. The number of piperazine rings is 1. The molecule has 2 aromatic rings. The van der Waals surface area contributed by atoms with Crippen LogP contribution in [0.3, 0.4) is 0 Å². The van der Waals surface area contributed by atoms with Gasteiger partial charge in [0, 0.05) is 44.1 Å². The van der Waals surface area contributed by atoms with Crippen LogP contribution in [0.1, 0.15) is 15.9 Å². The van der Waals surface area contributed by atoms with Crippen LogP contribution in [0.25, 0.3) is 0 Å². The molecule has 0 atom stereocenters. The molecule has 5 nitrogen and oxygen atoms in total. The Labute approximate surface area is 128 Å². The van der Waals surface area contributed by atoms with Gasteiger partial charge in [-0.1, -0.05) is 6.07 Å². The molecule has 0 aliphatic carbocycles. The standard InChI is InChI=1S/C16H17FN4O/c1-12-3-4-13(11-14(12)17)15(22)20-7-9-21(10-8-20)16-18-5-2-6-19-16/h2-6,11H,7-10H2,1H3. The zero-order chi connectivity index (χ0) is 15.5. The Morgan fingerprint density at radius 2 is 1.82 bits per heavy atom. The first kappa shape index (κ1) is 14.4. The Balaban J connectivity index is 1.66. The van der Waals surface area contributed by atoms with E-state index in [1.807, 2.05) is 4.90 Å². The number of rotatable bonds is 2. The largest absolute Gasteiger partial charge is 0.337 e. The van der Waals surface area contributed by atoms with Crippen molar-refractivity contribution in [2.75, 3.05) is 31.1 Å². The van der Waals surface area contributed by atoms with Gasteiger partial charge in [0.15, 0.2) is 0 Å². The number of anilines is 1. The summed E-state index contributed by atoms with van der Waals surface area (Å²) >= 11 is 0. The number of halogens is 1. The number of benzene rings is 1. The van der Waals surface area contributed by atoms with Crippen molar-refractivity contribution < 1.29 is 9.18 Å². The molecule has 2 heterocycles. The highest BCUT2D eigenvalue weighted by Crippen LogP contribution is 2.15. The number of nitrogens with zero attached hydrogens (tertiary/aromatic N) is 4. The monoisotopic (exact) mass is 300 g/mol. The van der Waals surface area contributed by atoms with E-state index in [0.717, 1.165) is 0 Å². The number of hydrogen-bond acceptors (Lipinski definition) is 4. The second-order valence-corrected chi connectivity index (χ2v) is 5.29. The fourth-order valence-corrected chi connectivity index (χ4v) is 2.47. The van der Waals surface area contributed by atoms with Crippen LogP contribution in [0.2, 0.25) is 0 Å². The van der Waals surface area contributed by atoms with Crippen molar-refractivity contribution in [3.63, 3.8) is 0 Å². The lowest BCUT2D eigenvalue weighted by Gasteiger charge is -2.34. The lowest BCUT2D eigenvalue weighted by molar-refractivity contribution is 0.0745. The van der Waals surface area contributed by atoms with Crippen LogP contribution < -0.4 is 4.90 Å². The number of amides is 1. The summed E-state index contributed by atoms with van der Waals surface area (Å²) in [4.78, 5) is 24.6. The van der Waals surface area contributed by atoms with Gasteiger partial charge in [-0.05, 0) is 30.7 Å². The second kappa shape index (κ2) is 6.09. The van der Waals surface area contributed by atoms with E-state index < -0.39 is 0 Å². The molecule has 22 heavy (non-hydrogen) atoms. The zero-order valence-electron chi connectivity index (χ0n) is 12.4. The second-order valence-electron chi connectivity index (χ2n) is 5.29. The van der Waals surface area contributed by atoms with E-state index in [1.165, 1.54) is 6.07 Å². The fraction of sp³-hybridized carbons (Fsp3) is 0.312. The van der Waals surface area contributed by atoms with Crippen molar-refractivity contribution in [3.05, 3.63) is 53.6 Å². The van der Waals surface area contributed by atoms with Crippen LogP contribution in [0.5, 0.6) is 0 Å². The van der Waals surface area contributed by atoms with Crippen LogP contribution in [0, 0.1) is 12.7 Å². The maximum atomic E-state index is 13.6. The van der Waals surface area contributed by atoms with E-state index in [-0.39, 0.29) is 11.7 Å². The number of carbonyl (C=O) groups is 1. The molecule has 6 heteroatoms. The zero-order valence-corrected chi connectivity index (χ0v) is 12.4. The molecule has 0 saturated carbocycles. The predicted molar refractivity (Wildman–Crippen MR) is 81.3 cm³/mol. The Kier molecular flexibility index (Phi) is 4.00. The summed E-state index contributed by atoms with van der Waals surface area (Å²) in [7, 11) is 0. The lowest BCUT2D eigenvalue weighted by Crippen LogP contribution is -2.49. The molecule has 0 bridgehead atoms. The molecule has 114 valence electrons. The Morgan fingerprint density at radius 3 is 2.45 bits per heavy atom. The normalized spacial score (nSPS) is 15.0. The molecule has 0 spiro atoms. The van der Waals surface area contributed by atoms with E-state index in [4.69, 9.17) is 0 Å². The van der Waals surface area contributed by atoms with Gasteiger partial charge in [-0.3, -0.25) is 4.79 Å². The van der Waals surface area contributed by atoms with Gasteiger partial charge in [0.2, 0.25) is 5.95 Å². The van der Waals surface area contributed by atoms with Crippen molar-refractivity contribution in [3.8, 4) is 0 Å². The van der Waals surface area contributed by atoms with Crippen molar-refractivity contribution in [1.29, 1.82) is 0 Å². The summed E-state index contributed by atoms with van der Waals surface area (Å²) in [6.07, 6.45) is 3.41. The molecular formula is C16H17FN4O. The maximum Gasteiger partial charge on any atom is 0.254 e. The van der Waals surface area contributed by atoms with Gasteiger partial charge in [-0.25, -0.2) is 14.4 Å². The van der Waals surface area contributed by atoms with Gasteiger partial charge in [-0.15, -0.1) is 0 Å². The average molecular weight is 300 g/mol. The van der Waals surface area contributed by atoms with Crippen molar-refractivity contribution in [2.24, 2.45) is 0 Å². The van der Waals surface area contributed by atoms with E-state index in [2.05, 4.69) is 9.97 Å². The number of aryl methyl sites for hydroxylation is 1. The molecular weight excluding hydrogens is 283 g/mol. The highest BCUT2D eigenvalue weighted by Gasteiger charge is 2.23. The third-order valence-electron chi connectivity index (χ3n) is 3.82. The summed E-state index contributed by atoms with van der Waals surface area (Å²) in [5.74, 6) is 0.200. The predicted octanol–water partition coefficient (Wildman–Crippen LogP) is 1.89. The van der Waals surface area contributed by atoms with Gasteiger partial charge in [-0.2, -0.15) is 0 Å². The quantitative estimate of drug-likeness (QED) is 0.850. The van der Waals surface area contributed by atoms with Gasteiger partial charge in [0.05, 0.1) is 0 Å². The van der Waals surface area contributed by atoms with Gasteiger partial charge in [0.25, 0.3) is 5.91 Å². The molecule has 1 saturated heterocycles. The molecule has 1 aromatic carbocycles. The van der Waals surface area contributed by atoms with Crippen LogP contribution in [-0.4, -0.2) is 47.0 Å². The van der Waals surface area contributed by atoms with E-state index in [9.17, 15) is 9.18 Å². The summed E-state index contributed by atoms with van der Waals surface area (Å²) < 4.78 is 13.6. The Hall–Kier alpha value is -2.50. The minimum absolute atomic E-state index is 0.132. The SMILES string of the molecule is Cc1ccc(C(=O)N2CCN(c3ncccn3)CC2)cc1F. The molecule has 1 aliphatic rings. The molecule has 1 aliphatic heterocycles. The molecule has 1 amide bonds. The highest BCUT2D eigenvalue weighted by atomic mass is 19.1. The van der Waals surface area contributed by atoms with Crippen molar-refractivity contribution >= 4 is 11.9 Å². The molecule has 0 unspecified atom stereocenters. The lowest BCUT2D eigenvalue weighted by atomic mass is 10.1. The van der Waals surface area contributed by atoms with Crippen LogP contribution >= 0.6 is 0 Å². The summed E-state index contributed by atoms with van der Waals surface area (Å²) in [6.45, 7) is 4.18. The Morgan fingerprint density at radius 1 is 1.14 bits per heavy atom. The van der Waals surface area contributed by atoms with E-state index in [1.54, 1.807) is 42.4 Å². The third-order valence-corrected chi connectivity index (χ3v) is 3.82. The summed E-state index contributed by atoms with van der Waals surface area (Å²) in [5.41, 5.74) is 0.940.